The maximum absolute atomic E-state index is 11.4. The van der Waals surface area contributed by atoms with E-state index in [0.29, 0.717) is 11.6 Å². The van der Waals surface area contributed by atoms with E-state index in [1.165, 1.54) is 4.57 Å². The van der Waals surface area contributed by atoms with E-state index in [4.69, 9.17) is 4.42 Å². The van der Waals surface area contributed by atoms with Crippen molar-refractivity contribution in [3.05, 3.63) is 28.7 Å². The van der Waals surface area contributed by atoms with E-state index in [2.05, 4.69) is 5.32 Å². The first kappa shape index (κ1) is 12.3. The van der Waals surface area contributed by atoms with Crippen LogP contribution >= 0.6 is 0 Å². The van der Waals surface area contributed by atoms with Gasteiger partial charge in [-0.15, -0.1) is 0 Å². The van der Waals surface area contributed by atoms with Crippen LogP contribution in [0, 0.1) is 0 Å². The molecule has 0 unspecified atom stereocenters. The van der Waals surface area contributed by atoms with Crippen molar-refractivity contribution in [2.24, 2.45) is 7.05 Å². The molecule has 1 aromatic carbocycles. The molecule has 2 N–H and O–H groups in total. The molecule has 5 heteroatoms. The predicted octanol–water partition coefficient (Wildman–Crippen LogP) is 1.85. The Morgan fingerprint density at radius 3 is 2.79 bits per heavy atom. The fourth-order valence-electron chi connectivity index (χ4n) is 2.68. The Labute approximate surface area is 110 Å². The summed E-state index contributed by atoms with van der Waals surface area (Å²) in [6.45, 7) is 0. The average Bonchev–Trinajstić information content (AvgIpc) is 2.68. The van der Waals surface area contributed by atoms with Gasteiger partial charge in [0.05, 0.1) is 11.6 Å². The lowest BCUT2D eigenvalue weighted by atomic mass is 9.93. The maximum Gasteiger partial charge on any atom is 0.419 e. The van der Waals surface area contributed by atoms with E-state index in [1.807, 2.05) is 18.2 Å². The standard InChI is InChI=1S/C14H18N2O3/c1-16-12-7-4-10(8-13(12)19-14(16)18)15-9-2-5-11(17)6-3-9/h4,7-9,11,15,17H,2-3,5-6H2,1H3. The summed E-state index contributed by atoms with van der Waals surface area (Å²) < 4.78 is 6.67. The summed E-state index contributed by atoms with van der Waals surface area (Å²) in [4.78, 5) is 11.4. The van der Waals surface area contributed by atoms with Gasteiger partial charge in [-0.1, -0.05) is 0 Å². The zero-order valence-corrected chi connectivity index (χ0v) is 10.9. The summed E-state index contributed by atoms with van der Waals surface area (Å²) in [5, 5.41) is 12.9. The number of hydrogen-bond donors (Lipinski definition) is 2. The molecule has 1 fully saturated rings. The first-order valence-corrected chi connectivity index (χ1v) is 6.67. The lowest BCUT2D eigenvalue weighted by Gasteiger charge is -2.26. The number of oxazole rings is 1. The molecule has 1 heterocycles. The van der Waals surface area contributed by atoms with Crippen molar-refractivity contribution >= 4 is 16.8 Å². The van der Waals surface area contributed by atoms with E-state index in [1.54, 1.807) is 7.05 Å². The second-order valence-electron chi connectivity index (χ2n) is 5.26. The molecule has 19 heavy (non-hydrogen) atoms. The number of aliphatic hydroxyl groups is 1. The van der Waals surface area contributed by atoms with Crippen molar-refractivity contribution in [1.82, 2.24) is 4.57 Å². The quantitative estimate of drug-likeness (QED) is 0.866. The molecule has 0 bridgehead atoms. The second-order valence-corrected chi connectivity index (χ2v) is 5.26. The van der Waals surface area contributed by atoms with E-state index >= 15 is 0 Å². The van der Waals surface area contributed by atoms with Crippen LogP contribution in [0.25, 0.3) is 11.1 Å². The molecule has 0 spiro atoms. The van der Waals surface area contributed by atoms with Crippen molar-refractivity contribution < 1.29 is 9.52 Å². The van der Waals surface area contributed by atoms with E-state index in [9.17, 15) is 9.90 Å². The zero-order valence-electron chi connectivity index (χ0n) is 10.9. The molecule has 102 valence electrons. The molecule has 1 aliphatic rings. The molecule has 1 aliphatic carbocycles. The third kappa shape index (κ3) is 2.38. The number of anilines is 1. The van der Waals surface area contributed by atoms with Gasteiger partial charge in [0.1, 0.15) is 0 Å². The lowest BCUT2D eigenvalue weighted by Crippen LogP contribution is -2.28. The minimum atomic E-state index is -0.340. The molecule has 5 nitrogen and oxygen atoms in total. The highest BCUT2D eigenvalue weighted by atomic mass is 16.4. The highest BCUT2D eigenvalue weighted by Gasteiger charge is 2.19. The van der Waals surface area contributed by atoms with Gasteiger partial charge in [0.2, 0.25) is 0 Å². The number of aryl methyl sites for hydroxylation is 1. The van der Waals surface area contributed by atoms with Gasteiger partial charge in [-0.3, -0.25) is 4.57 Å². The van der Waals surface area contributed by atoms with Gasteiger partial charge < -0.3 is 14.8 Å². The first-order valence-electron chi connectivity index (χ1n) is 6.67. The van der Waals surface area contributed by atoms with Crippen LogP contribution in [-0.2, 0) is 7.05 Å². The lowest BCUT2D eigenvalue weighted by molar-refractivity contribution is 0.126. The van der Waals surface area contributed by atoms with E-state index in [0.717, 1.165) is 36.9 Å². The Hall–Kier alpha value is -1.75. The third-order valence-electron chi connectivity index (χ3n) is 3.86. The number of nitrogens with zero attached hydrogens (tertiary/aromatic N) is 1. The number of nitrogens with one attached hydrogen (secondary N) is 1. The normalized spacial score (nSPS) is 23.7. The van der Waals surface area contributed by atoms with Crippen LogP contribution in [-0.4, -0.2) is 21.8 Å². The van der Waals surface area contributed by atoms with Crippen LogP contribution in [0.15, 0.2) is 27.4 Å². The summed E-state index contributed by atoms with van der Waals surface area (Å²) in [6.07, 6.45) is 3.49. The molecule has 3 rings (SSSR count). The van der Waals surface area contributed by atoms with Crippen molar-refractivity contribution in [3.8, 4) is 0 Å². The zero-order chi connectivity index (χ0) is 13.4. The Morgan fingerprint density at radius 2 is 2.05 bits per heavy atom. The topological polar surface area (TPSA) is 67.4 Å². The Bertz CT molecular complexity index is 636. The second kappa shape index (κ2) is 4.74. The van der Waals surface area contributed by atoms with Gasteiger partial charge in [0.15, 0.2) is 5.58 Å². The predicted molar refractivity (Wildman–Crippen MR) is 73.3 cm³/mol. The van der Waals surface area contributed by atoms with E-state index < -0.39 is 0 Å². The summed E-state index contributed by atoms with van der Waals surface area (Å²) in [6, 6.07) is 6.10. The molecule has 0 atom stereocenters. The largest absolute Gasteiger partial charge is 0.419 e. The molecule has 1 saturated carbocycles. The average molecular weight is 262 g/mol. The summed E-state index contributed by atoms with van der Waals surface area (Å²) in [7, 11) is 1.70. The number of fused-ring (bicyclic) bond motifs is 1. The SMILES string of the molecule is Cn1c(=O)oc2cc(NC3CCC(O)CC3)ccc21. The van der Waals surface area contributed by atoms with Crippen molar-refractivity contribution in [2.45, 2.75) is 37.8 Å². The number of benzene rings is 1. The minimum absolute atomic E-state index is 0.146. The van der Waals surface area contributed by atoms with Crippen LogP contribution in [0.2, 0.25) is 0 Å². The highest BCUT2D eigenvalue weighted by molar-refractivity contribution is 5.77. The van der Waals surface area contributed by atoms with Crippen LogP contribution in [0.3, 0.4) is 0 Å². The van der Waals surface area contributed by atoms with Crippen LogP contribution in [0.4, 0.5) is 5.69 Å². The molecular weight excluding hydrogens is 244 g/mol. The van der Waals surface area contributed by atoms with Crippen LogP contribution in [0.1, 0.15) is 25.7 Å². The molecule has 0 radical (unpaired) electrons. The number of aromatic nitrogens is 1. The van der Waals surface area contributed by atoms with Gasteiger partial charge in [0, 0.05) is 24.8 Å². The van der Waals surface area contributed by atoms with Gasteiger partial charge in [-0.2, -0.15) is 0 Å². The first-order chi connectivity index (χ1) is 9.13. The monoisotopic (exact) mass is 262 g/mol. The Morgan fingerprint density at radius 1 is 1.32 bits per heavy atom. The molecular formula is C14H18N2O3. The molecule has 0 saturated heterocycles. The van der Waals surface area contributed by atoms with Gasteiger partial charge in [-0.05, 0) is 37.8 Å². The van der Waals surface area contributed by atoms with Gasteiger partial charge >= 0.3 is 5.76 Å². The summed E-state index contributed by atoms with van der Waals surface area (Å²) >= 11 is 0. The fraction of sp³-hybridized carbons (Fsp3) is 0.500. The van der Waals surface area contributed by atoms with Crippen LogP contribution < -0.4 is 11.1 Å². The molecule has 0 aliphatic heterocycles. The molecule has 2 aromatic rings. The molecule has 1 aromatic heterocycles. The van der Waals surface area contributed by atoms with Gasteiger partial charge in [-0.25, -0.2) is 4.79 Å². The van der Waals surface area contributed by atoms with Crippen LogP contribution in [0.5, 0.6) is 0 Å². The summed E-state index contributed by atoms with van der Waals surface area (Å²) in [5.74, 6) is -0.340. The smallest absolute Gasteiger partial charge is 0.408 e. The van der Waals surface area contributed by atoms with Gasteiger partial charge in [0.25, 0.3) is 0 Å². The number of rotatable bonds is 2. The fourth-order valence-corrected chi connectivity index (χ4v) is 2.68. The summed E-state index contributed by atoms with van der Waals surface area (Å²) in [5.41, 5.74) is 2.37. The van der Waals surface area contributed by atoms with E-state index in [-0.39, 0.29) is 11.9 Å². The highest BCUT2D eigenvalue weighted by Crippen LogP contribution is 2.24. The van der Waals surface area contributed by atoms with Crippen molar-refractivity contribution in [2.75, 3.05) is 5.32 Å². The Kier molecular flexibility index (Phi) is 3.06. The molecule has 0 amide bonds. The minimum Gasteiger partial charge on any atom is -0.408 e. The number of aliphatic hydroxyl groups excluding tert-OH is 1. The number of hydrogen-bond acceptors (Lipinski definition) is 4. The Balaban J connectivity index is 1.80. The third-order valence-corrected chi connectivity index (χ3v) is 3.86. The van der Waals surface area contributed by atoms with Crippen molar-refractivity contribution in [3.63, 3.8) is 0 Å². The van der Waals surface area contributed by atoms with Crippen molar-refractivity contribution in [1.29, 1.82) is 0 Å². The maximum atomic E-state index is 11.4.